The van der Waals surface area contributed by atoms with Crippen molar-refractivity contribution >= 4 is 7.28 Å². The van der Waals surface area contributed by atoms with Crippen molar-refractivity contribution in [1.29, 1.82) is 0 Å². The number of allylic oxidation sites excluding steroid dienone is 2. The van der Waals surface area contributed by atoms with Gasteiger partial charge in [-0.2, -0.15) is 0 Å². The molecule has 1 unspecified atom stereocenters. The van der Waals surface area contributed by atoms with E-state index < -0.39 is 0 Å². The molecular weight excluding hydrogens is 167 g/mol. The number of hydrogen-bond acceptors (Lipinski definition) is 0. The van der Waals surface area contributed by atoms with Crippen LogP contribution in [-0.4, -0.2) is 7.28 Å². The highest BCUT2D eigenvalue weighted by molar-refractivity contribution is 6.39. The standard InChI is InChI=1S/C13H25B/c1-11(2)14-13-9-5-4-7-12(3)8-6-10-13/h7,11,13-14H,4-6,8-10H2,1-3H3/b12-7-. The molecule has 1 rings (SSSR count). The molecule has 0 aliphatic heterocycles. The van der Waals surface area contributed by atoms with Crippen molar-refractivity contribution in [2.45, 2.75) is 70.9 Å². The second kappa shape index (κ2) is 6.32. The van der Waals surface area contributed by atoms with Gasteiger partial charge in [-0.05, 0) is 26.2 Å². The molecule has 0 bridgehead atoms. The van der Waals surface area contributed by atoms with Crippen molar-refractivity contribution in [3.8, 4) is 0 Å². The van der Waals surface area contributed by atoms with Crippen LogP contribution in [0.3, 0.4) is 0 Å². The van der Waals surface area contributed by atoms with E-state index in [0.29, 0.717) is 0 Å². The lowest BCUT2D eigenvalue weighted by atomic mass is 9.53. The highest BCUT2D eigenvalue weighted by Crippen LogP contribution is 2.27. The molecule has 80 valence electrons. The Kier molecular flexibility index (Phi) is 5.36. The summed E-state index contributed by atoms with van der Waals surface area (Å²) in [4.78, 5) is 0. The van der Waals surface area contributed by atoms with Crippen LogP contribution in [0.1, 0.15) is 59.3 Å². The van der Waals surface area contributed by atoms with Crippen molar-refractivity contribution in [1.82, 2.24) is 0 Å². The van der Waals surface area contributed by atoms with E-state index in [0.717, 1.165) is 11.6 Å². The van der Waals surface area contributed by atoms with Gasteiger partial charge in [0.05, 0.1) is 0 Å². The molecule has 0 nitrogen and oxygen atoms in total. The molecule has 0 spiro atoms. The maximum atomic E-state index is 2.46. The summed E-state index contributed by atoms with van der Waals surface area (Å²) < 4.78 is 0. The minimum atomic E-state index is 0.884. The van der Waals surface area contributed by atoms with Crippen molar-refractivity contribution < 1.29 is 0 Å². The van der Waals surface area contributed by atoms with Crippen LogP contribution < -0.4 is 0 Å². The number of rotatable bonds is 2. The van der Waals surface area contributed by atoms with Gasteiger partial charge in [0.25, 0.3) is 0 Å². The molecular formula is C13H25B. The Hall–Kier alpha value is -0.195. The average molecular weight is 192 g/mol. The molecule has 0 heterocycles. The molecule has 0 aromatic carbocycles. The molecule has 0 saturated heterocycles. The summed E-state index contributed by atoms with van der Waals surface area (Å²) in [6.07, 6.45) is 10.9. The predicted molar refractivity (Wildman–Crippen MR) is 67.5 cm³/mol. The van der Waals surface area contributed by atoms with E-state index in [-0.39, 0.29) is 0 Å². The third kappa shape index (κ3) is 4.88. The van der Waals surface area contributed by atoms with Crippen LogP contribution in [-0.2, 0) is 0 Å². The summed E-state index contributed by atoms with van der Waals surface area (Å²) in [5.74, 6) is 1.89. The zero-order valence-corrected chi connectivity index (χ0v) is 10.2. The zero-order chi connectivity index (χ0) is 10.4. The molecule has 1 atom stereocenters. The van der Waals surface area contributed by atoms with Gasteiger partial charge in [-0.15, -0.1) is 0 Å². The molecule has 0 aromatic rings. The summed E-state index contributed by atoms with van der Waals surface area (Å²) in [7, 11) is 1.44. The van der Waals surface area contributed by atoms with Crippen LogP contribution in [0.5, 0.6) is 0 Å². The Morgan fingerprint density at radius 1 is 1.29 bits per heavy atom. The minimum Gasteiger partial charge on any atom is -0.0856 e. The lowest BCUT2D eigenvalue weighted by Crippen LogP contribution is -2.07. The fourth-order valence-electron chi connectivity index (χ4n) is 2.57. The van der Waals surface area contributed by atoms with Gasteiger partial charge in [-0.1, -0.05) is 56.4 Å². The summed E-state index contributed by atoms with van der Waals surface area (Å²) >= 11 is 0. The Labute approximate surface area is 90.4 Å². The molecule has 0 radical (unpaired) electrons. The van der Waals surface area contributed by atoms with Crippen LogP contribution in [0.4, 0.5) is 0 Å². The Bertz CT molecular complexity index is 182. The van der Waals surface area contributed by atoms with E-state index in [1.165, 1.54) is 45.8 Å². The summed E-state index contributed by atoms with van der Waals surface area (Å²) in [5, 5.41) is 0. The molecule has 0 N–H and O–H groups in total. The van der Waals surface area contributed by atoms with Crippen LogP contribution in [0.2, 0.25) is 11.6 Å². The van der Waals surface area contributed by atoms with Crippen molar-refractivity contribution in [3.63, 3.8) is 0 Å². The third-order valence-electron chi connectivity index (χ3n) is 3.30. The van der Waals surface area contributed by atoms with Crippen molar-refractivity contribution in [2.24, 2.45) is 0 Å². The van der Waals surface area contributed by atoms with E-state index in [1.54, 1.807) is 5.57 Å². The highest BCUT2D eigenvalue weighted by atomic mass is 14.1. The highest BCUT2D eigenvalue weighted by Gasteiger charge is 2.13. The molecule has 1 aliphatic carbocycles. The SMILES string of the molecule is C/C1=C/CCCC(BC(C)C)CCC1. The van der Waals surface area contributed by atoms with Crippen LogP contribution in [0.25, 0.3) is 0 Å². The first-order valence-electron chi connectivity index (χ1n) is 6.34. The first-order valence-corrected chi connectivity index (χ1v) is 6.34. The normalized spacial score (nSPS) is 28.6. The maximum Gasteiger partial charge on any atom is 0.126 e. The first kappa shape index (κ1) is 11.9. The van der Waals surface area contributed by atoms with Gasteiger partial charge in [0, 0.05) is 0 Å². The van der Waals surface area contributed by atoms with E-state index >= 15 is 0 Å². The van der Waals surface area contributed by atoms with Crippen LogP contribution >= 0.6 is 0 Å². The summed E-state index contributed by atoms with van der Waals surface area (Å²) in [6.45, 7) is 7.01. The van der Waals surface area contributed by atoms with E-state index in [2.05, 4.69) is 26.8 Å². The van der Waals surface area contributed by atoms with E-state index in [4.69, 9.17) is 0 Å². The molecule has 0 aromatic heterocycles. The first-order chi connectivity index (χ1) is 6.68. The molecule has 0 saturated carbocycles. The predicted octanol–water partition coefficient (Wildman–Crippen LogP) is 4.34. The van der Waals surface area contributed by atoms with Crippen molar-refractivity contribution in [3.05, 3.63) is 11.6 Å². The van der Waals surface area contributed by atoms with Crippen molar-refractivity contribution in [2.75, 3.05) is 0 Å². The largest absolute Gasteiger partial charge is 0.126 e. The third-order valence-corrected chi connectivity index (χ3v) is 3.30. The second-order valence-corrected chi connectivity index (χ2v) is 5.37. The summed E-state index contributed by atoms with van der Waals surface area (Å²) in [6, 6.07) is 0. The van der Waals surface area contributed by atoms with Gasteiger partial charge >= 0.3 is 0 Å². The Morgan fingerprint density at radius 3 is 2.71 bits per heavy atom. The molecule has 0 fully saturated rings. The minimum absolute atomic E-state index is 0.884. The molecule has 1 heteroatoms. The van der Waals surface area contributed by atoms with Gasteiger partial charge in [0.1, 0.15) is 7.28 Å². The molecule has 14 heavy (non-hydrogen) atoms. The van der Waals surface area contributed by atoms with E-state index in [9.17, 15) is 0 Å². The quantitative estimate of drug-likeness (QED) is 0.451. The Balaban J connectivity index is 2.35. The second-order valence-electron chi connectivity index (χ2n) is 5.37. The van der Waals surface area contributed by atoms with Gasteiger partial charge in [0.2, 0.25) is 0 Å². The monoisotopic (exact) mass is 192 g/mol. The topological polar surface area (TPSA) is 0 Å². The van der Waals surface area contributed by atoms with E-state index in [1.807, 2.05) is 0 Å². The van der Waals surface area contributed by atoms with Gasteiger partial charge in [-0.25, -0.2) is 0 Å². The zero-order valence-electron chi connectivity index (χ0n) is 10.2. The van der Waals surface area contributed by atoms with Gasteiger partial charge in [0.15, 0.2) is 0 Å². The van der Waals surface area contributed by atoms with Crippen LogP contribution in [0.15, 0.2) is 11.6 Å². The number of hydrogen-bond donors (Lipinski definition) is 0. The fraction of sp³-hybridized carbons (Fsp3) is 0.846. The molecule has 1 aliphatic rings. The average Bonchev–Trinajstić information content (AvgIpc) is 2.18. The summed E-state index contributed by atoms with van der Waals surface area (Å²) in [5.41, 5.74) is 1.62. The Morgan fingerprint density at radius 2 is 2.00 bits per heavy atom. The fourth-order valence-corrected chi connectivity index (χ4v) is 2.57. The van der Waals surface area contributed by atoms with Crippen LogP contribution in [0, 0.1) is 0 Å². The molecule has 0 amide bonds. The lowest BCUT2D eigenvalue weighted by molar-refractivity contribution is 0.617. The maximum absolute atomic E-state index is 2.46. The van der Waals surface area contributed by atoms with Gasteiger partial charge in [-0.3, -0.25) is 0 Å². The van der Waals surface area contributed by atoms with Gasteiger partial charge < -0.3 is 0 Å². The lowest BCUT2D eigenvalue weighted by Gasteiger charge is -2.16. The smallest absolute Gasteiger partial charge is 0.0856 e.